The van der Waals surface area contributed by atoms with Crippen molar-refractivity contribution in [2.75, 3.05) is 19.7 Å². The van der Waals surface area contributed by atoms with Gasteiger partial charge in [0.2, 0.25) is 5.91 Å². The maximum absolute atomic E-state index is 12.3. The first kappa shape index (κ1) is 14.0. The number of ether oxygens (including phenoxy) is 1. The molecule has 0 bridgehead atoms. The van der Waals surface area contributed by atoms with Gasteiger partial charge in [-0.05, 0) is 33.1 Å². The molecule has 0 aromatic carbocycles. The Morgan fingerprint density at radius 2 is 2.29 bits per heavy atom. The zero-order chi connectivity index (χ0) is 12.9. The normalized spacial score (nSPS) is 22.8. The number of nitriles is 1. The SMILES string of the molecule is CCN(CC1CCCO1)C(=O)C(C)(C#N)CC. The Labute approximate surface area is 104 Å². The van der Waals surface area contributed by atoms with Crippen LogP contribution in [0.25, 0.3) is 0 Å². The molecule has 0 spiro atoms. The first-order chi connectivity index (χ1) is 8.07. The Hall–Kier alpha value is -1.08. The largest absolute Gasteiger partial charge is 0.376 e. The Morgan fingerprint density at radius 3 is 2.71 bits per heavy atom. The molecule has 0 N–H and O–H groups in total. The predicted molar refractivity (Wildman–Crippen MR) is 65.2 cm³/mol. The Balaban J connectivity index is 2.66. The van der Waals surface area contributed by atoms with E-state index in [2.05, 4.69) is 6.07 Å². The topological polar surface area (TPSA) is 53.3 Å². The summed E-state index contributed by atoms with van der Waals surface area (Å²) in [7, 11) is 0. The van der Waals surface area contributed by atoms with Crippen LogP contribution in [0, 0.1) is 16.7 Å². The molecule has 1 aliphatic heterocycles. The van der Waals surface area contributed by atoms with E-state index in [0.29, 0.717) is 19.5 Å². The van der Waals surface area contributed by atoms with E-state index in [1.54, 1.807) is 11.8 Å². The van der Waals surface area contributed by atoms with E-state index in [-0.39, 0.29) is 12.0 Å². The molecule has 0 saturated carbocycles. The fourth-order valence-electron chi connectivity index (χ4n) is 2.02. The van der Waals surface area contributed by atoms with Crippen molar-refractivity contribution in [1.82, 2.24) is 4.90 Å². The second-order valence-corrected chi connectivity index (χ2v) is 4.78. The summed E-state index contributed by atoms with van der Waals surface area (Å²) in [5.41, 5.74) is -0.894. The first-order valence-corrected chi connectivity index (χ1v) is 6.39. The van der Waals surface area contributed by atoms with Gasteiger partial charge in [0.1, 0.15) is 5.41 Å². The third kappa shape index (κ3) is 3.19. The molecule has 1 saturated heterocycles. The molecular formula is C13H22N2O2. The van der Waals surface area contributed by atoms with Gasteiger partial charge >= 0.3 is 0 Å². The molecule has 2 atom stereocenters. The van der Waals surface area contributed by atoms with Crippen molar-refractivity contribution in [2.45, 2.75) is 46.1 Å². The summed E-state index contributed by atoms with van der Waals surface area (Å²) in [4.78, 5) is 14.0. The summed E-state index contributed by atoms with van der Waals surface area (Å²) in [5.74, 6) is -0.0690. The number of nitrogens with zero attached hydrogens (tertiary/aromatic N) is 2. The van der Waals surface area contributed by atoms with Crippen LogP contribution < -0.4 is 0 Å². The molecule has 1 amide bonds. The highest BCUT2D eigenvalue weighted by molar-refractivity contribution is 5.85. The van der Waals surface area contributed by atoms with Crippen molar-refractivity contribution in [3.8, 4) is 6.07 Å². The van der Waals surface area contributed by atoms with Crippen molar-refractivity contribution >= 4 is 5.91 Å². The molecule has 4 nitrogen and oxygen atoms in total. The zero-order valence-corrected chi connectivity index (χ0v) is 11.0. The molecule has 2 unspecified atom stereocenters. The Morgan fingerprint density at radius 1 is 1.59 bits per heavy atom. The maximum atomic E-state index is 12.3. The molecule has 0 aromatic heterocycles. The van der Waals surface area contributed by atoms with Gasteiger partial charge in [0, 0.05) is 19.7 Å². The van der Waals surface area contributed by atoms with Gasteiger partial charge in [-0.15, -0.1) is 0 Å². The molecule has 1 heterocycles. The lowest BCUT2D eigenvalue weighted by atomic mass is 9.87. The molecule has 4 heteroatoms. The summed E-state index contributed by atoms with van der Waals surface area (Å²) >= 11 is 0. The molecule has 1 rings (SSSR count). The van der Waals surface area contributed by atoms with Gasteiger partial charge in [0.05, 0.1) is 12.2 Å². The minimum absolute atomic E-state index is 0.0690. The summed E-state index contributed by atoms with van der Waals surface area (Å²) in [6.07, 6.45) is 2.78. The summed E-state index contributed by atoms with van der Waals surface area (Å²) < 4.78 is 5.54. The van der Waals surface area contributed by atoms with E-state index in [1.165, 1.54) is 0 Å². The standard InChI is InChI=1S/C13H22N2O2/c1-4-13(3,10-14)12(16)15(5-2)9-11-7-6-8-17-11/h11H,4-9H2,1-3H3. The van der Waals surface area contributed by atoms with Crippen molar-refractivity contribution in [2.24, 2.45) is 5.41 Å². The quantitative estimate of drug-likeness (QED) is 0.735. The van der Waals surface area contributed by atoms with E-state index in [9.17, 15) is 4.79 Å². The Bertz CT molecular complexity index is 305. The molecule has 1 aliphatic rings. The van der Waals surface area contributed by atoms with Gasteiger partial charge < -0.3 is 9.64 Å². The number of hydrogen-bond acceptors (Lipinski definition) is 3. The summed E-state index contributed by atoms with van der Waals surface area (Å²) in [5, 5.41) is 9.13. The smallest absolute Gasteiger partial charge is 0.242 e. The molecule has 0 radical (unpaired) electrons. The van der Waals surface area contributed by atoms with Crippen molar-refractivity contribution in [3.05, 3.63) is 0 Å². The molecule has 96 valence electrons. The second-order valence-electron chi connectivity index (χ2n) is 4.78. The Kier molecular flexibility index (Phi) is 4.95. The van der Waals surface area contributed by atoms with Gasteiger partial charge in [0.25, 0.3) is 0 Å². The fourth-order valence-corrected chi connectivity index (χ4v) is 2.02. The van der Waals surface area contributed by atoms with E-state index < -0.39 is 5.41 Å². The van der Waals surface area contributed by atoms with Gasteiger partial charge in [-0.2, -0.15) is 5.26 Å². The average molecular weight is 238 g/mol. The van der Waals surface area contributed by atoms with Gasteiger partial charge in [-0.1, -0.05) is 6.92 Å². The van der Waals surface area contributed by atoms with Crippen molar-refractivity contribution in [3.63, 3.8) is 0 Å². The van der Waals surface area contributed by atoms with Crippen LogP contribution in [0.1, 0.15) is 40.0 Å². The molecule has 17 heavy (non-hydrogen) atoms. The highest BCUT2D eigenvalue weighted by atomic mass is 16.5. The fraction of sp³-hybridized carbons (Fsp3) is 0.846. The number of hydrogen-bond donors (Lipinski definition) is 0. The van der Waals surface area contributed by atoms with Gasteiger partial charge in [-0.25, -0.2) is 0 Å². The third-order valence-electron chi connectivity index (χ3n) is 3.54. The molecule has 0 aromatic rings. The third-order valence-corrected chi connectivity index (χ3v) is 3.54. The minimum atomic E-state index is -0.894. The second kappa shape index (κ2) is 6.02. The number of rotatable bonds is 5. The van der Waals surface area contributed by atoms with Crippen LogP contribution in [-0.2, 0) is 9.53 Å². The van der Waals surface area contributed by atoms with Gasteiger partial charge in [0.15, 0.2) is 0 Å². The highest BCUT2D eigenvalue weighted by Gasteiger charge is 2.35. The lowest BCUT2D eigenvalue weighted by Gasteiger charge is -2.30. The van der Waals surface area contributed by atoms with Crippen LogP contribution in [-0.4, -0.2) is 36.6 Å². The van der Waals surface area contributed by atoms with Crippen molar-refractivity contribution < 1.29 is 9.53 Å². The first-order valence-electron chi connectivity index (χ1n) is 6.39. The number of likely N-dealkylation sites (N-methyl/N-ethyl adjacent to an activating group) is 1. The van der Waals surface area contributed by atoms with Crippen LogP contribution in [0.15, 0.2) is 0 Å². The van der Waals surface area contributed by atoms with Crippen LogP contribution >= 0.6 is 0 Å². The van der Waals surface area contributed by atoms with E-state index >= 15 is 0 Å². The van der Waals surface area contributed by atoms with Crippen LogP contribution in [0.3, 0.4) is 0 Å². The van der Waals surface area contributed by atoms with Crippen molar-refractivity contribution in [1.29, 1.82) is 5.26 Å². The maximum Gasteiger partial charge on any atom is 0.242 e. The van der Waals surface area contributed by atoms with Crippen LogP contribution in [0.5, 0.6) is 0 Å². The van der Waals surface area contributed by atoms with Crippen LogP contribution in [0.4, 0.5) is 0 Å². The highest BCUT2D eigenvalue weighted by Crippen LogP contribution is 2.24. The molecule has 1 fully saturated rings. The number of amides is 1. The zero-order valence-electron chi connectivity index (χ0n) is 11.0. The van der Waals surface area contributed by atoms with E-state index in [4.69, 9.17) is 10.00 Å². The monoisotopic (exact) mass is 238 g/mol. The molecular weight excluding hydrogens is 216 g/mol. The number of carbonyl (C=O) groups is 1. The summed E-state index contributed by atoms with van der Waals surface area (Å²) in [6.45, 7) is 7.58. The lowest BCUT2D eigenvalue weighted by molar-refractivity contribution is -0.139. The van der Waals surface area contributed by atoms with E-state index in [1.807, 2.05) is 13.8 Å². The van der Waals surface area contributed by atoms with Gasteiger partial charge in [-0.3, -0.25) is 4.79 Å². The minimum Gasteiger partial charge on any atom is -0.376 e. The average Bonchev–Trinajstić information content (AvgIpc) is 2.87. The predicted octanol–water partition coefficient (Wildman–Crippen LogP) is 1.95. The van der Waals surface area contributed by atoms with E-state index in [0.717, 1.165) is 19.4 Å². The number of carbonyl (C=O) groups excluding carboxylic acids is 1. The summed E-state index contributed by atoms with van der Waals surface area (Å²) in [6, 6.07) is 2.14. The molecule has 0 aliphatic carbocycles. The van der Waals surface area contributed by atoms with Crippen LogP contribution in [0.2, 0.25) is 0 Å². The lowest BCUT2D eigenvalue weighted by Crippen LogP contribution is -2.44.